The summed E-state index contributed by atoms with van der Waals surface area (Å²) in [6.45, 7) is -0.223. The Labute approximate surface area is 279 Å². The van der Waals surface area contributed by atoms with Crippen molar-refractivity contribution < 1.29 is 43.3 Å². The number of nitrogens with one attached hydrogen (secondary N) is 4. The maximum Gasteiger partial charge on any atom is 0.337 e. The molecule has 0 atom stereocenters. The van der Waals surface area contributed by atoms with Gasteiger partial charge in [0, 0.05) is 30.9 Å². The second-order valence-corrected chi connectivity index (χ2v) is 10.2. The van der Waals surface area contributed by atoms with Gasteiger partial charge in [0.25, 0.3) is 11.8 Å². The van der Waals surface area contributed by atoms with Crippen molar-refractivity contribution in [2.75, 3.05) is 24.4 Å². The van der Waals surface area contributed by atoms with Gasteiger partial charge in [-0.15, -0.1) is 25.9 Å². The molecular formula is C30H24FN11O8. The highest BCUT2D eigenvalue weighted by Gasteiger charge is 2.24. The molecule has 2 aromatic heterocycles. The number of anilines is 2. The molecule has 2 aromatic carbocycles. The lowest BCUT2D eigenvalue weighted by Gasteiger charge is -2.17. The molecule has 0 saturated carbocycles. The largest absolute Gasteiger partial charge is 0.493 e. The van der Waals surface area contributed by atoms with E-state index < -0.39 is 35.1 Å². The maximum atomic E-state index is 15.1. The van der Waals surface area contributed by atoms with Crippen LogP contribution in [0.1, 0.15) is 36.8 Å². The number of aromatic nitrogens is 4. The van der Waals surface area contributed by atoms with Gasteiger partial charge in [-0.1, -0.05) is 0 Å². The predicted octanol–water partition coefficient (Wildman–Crippen LogP) is 1.58. The lowest BCUT2D eigenvalue weighted by molar-refractivity contribution is -0.110. The number of hydrazone groups is 2. The van der Waals surface area contributed by atoms with Gasteiger partial charge >= 0.3 is 11.9 Å². The number of ether oxygens (including phenoxy) is 2. The van der Waals surface area contributed by atoms with Crippen molar-refractivity contribution in [3.05, 3.63) is 95.5 Å². The number of amides is 2. The lowest BCUT2D eigenvalue weighted by atomic mass is 10.1. The highest BCUT2D eigenvalue weighted by Crippen LogP contribution is 2.34. The van der Waals surface area contributed by atoms with Crippen LogP contribution in [0.4, 0.5) is 15.8 Å². The van der Waals surface area contributed by atoms with Crippen molar-refractivity contribution in [3.63, 3.8) is 0 Å². The number of carbonyl (C=O) groups excluding carboxylic acids is 2. The van der Waals surface area contributed by atoms with Gasteiger partial charge in [0.2, 0.25) is 0 Å². The smallest absolute Gasteiger partial charge is 0.337 e. The minimum Gasteiger partial charge on any atom is -0.493 e. The van der Waals surface area contributed by atoms with E-state index in [1.54, 1.807) is 17.0 Å². The molecule has 0 unspecified atom stereocenters. The molecule has 4 aromatic rings. The molecule has 50 heavy (non-hydrogen) atoms. The normalized spacial score (nSPS) is 13.0. The van der Waals surface area contributed by atoms with E-state index in [1.165, 1.54) is 48.9 Å². The van der Waals surface area contributed by atoms with E-state index >= 15 is 4.39 Å². The number of hydrogen-bond donors (Lipinski definition) is 6. The Hall–Kier alpha value is -7.22. The number of amidine groups is 1. The molecular weight excluding hydrogens is 661 g/mol. The first-order valence-electron chi connectivity index (χ1n) is 14.3. The third-order valence-corrected chi connectivity index (χ3v) is 7.10. The summed E-state index contributed by atoms with van der Waals surface area (Å²) in [5.74, 6) is -4.50. The molecule has 0 fully saturated rings. The monoisotopic (exact) mass is 685 g/mol. The van der Waals surface area contributed by atoms with E-state index in [1.807, 2.05) is 0 Å². The highest BCUT2D eigenvalue weighted by molar-refractivity contribution is 6.48. The fourth-order valence-electron chi connectivity index (χ4n) is 4.66. The van der Waals surface area contributed by atoms with Crippen LogP contribution in [-0.4, -0.2) is 84.1 Å². The average molecular weight is 686 g/mol. The molecule has 0 bridgehead atoms. The number of rotatable bonds is 12. The molecule has 6 rings (SSSR count). The first kappa shape index (κ1) is 32.7. The minimum absolute atomic E-state index is 0.000415. The van der Waals surface area contributed by atoms with E-state index in [0.29, 0.717) is 11.7 Å². The van der Waals surface area contributed by atoms with Crippen LogP contribution < -0.4 is 31.2 Å². The molecule has 19 nitrogen and oxygen atoms in total. The van der Waals surface area contributed by atoms with Crippen molar-refractivity contribution in [2.24, 2.45) is 10.2 Å². The summed E-state index contributed by atoms with van der Waals surface area (Å²) in [6, 6.07) is 7.21. The molecule has 0 saturated heterocycles. The summed E-state index contributed by atoms with van der Waals surface area (Å²) in [7, 11) is 1.28. The Kier molecular flexibility index (Phi) is 9.07. The van der Waals surface area contributed by atoms with Crippen molar-refractivity contribution >= 4 is 46.7 Å². The van der Waals surface area contributed by atoms with E-state index in [9.17, 15) is 29.4 Å². The number of carboxylic acid groups (broad SMARTS) is 2. The summed E-state index contributed by atoms with van der Waals surface area (Å²) in [4.78, 5) is 53.7. The van der Waals surface area contributed by atoms with Crippen LogP contribution in [0.2, 0.25) is 0 Å². The molecule has 2 aliphatic rings. The SMILES string of the molecule is COc1cc(C(=O)O)c(NC(=O)c2ccc(-n3ccnc3)nn2)cc1OCCc1cc(NC(=O)C2=NN3NNN=C3C=C2)c(C(=O)O)cc1F. The number of fused-ring (bicyclic) bond motifs is 1. The quantitative estimate of drug-likeness (QED) is 0.124. The van der Waals surface area contributed by atoms with Gasteiger partial charge in [-0.05, 0) is 42.0 Å². The van der Waals surface area contributed by atoms with Gasteiger partial charge in [0.05, 0.1) is 36.2 Å². The number of aromatic carboxylic acids is 2. The van der Waals surface area contributed by atoms with E-state index in [-0.39, 0.29) is 58.4 Å². The first-order valence-corrected chi connectivity index (χ1v) is 14.3. The van der Waals surface area contributed by atoms with Crippen LogP contribution in [-0.2, 0) is 11.2 Å². The van der Waals surface area contributed by atoms with E-state index in [0.717, 1.165) is 18.2 Å². The number of carboxylic acids is 2. The first-order chi connectivity index (χ1) is 24.1. The summed E-state index contributed by atoms with van der Waals surface area (Å²) in [5, 5.41) is 41.4. The van der Waals surface area contributed by atoms with Gasteiger partial charge in [0.1, 0.15) is 12.1 Å². The molecule has 2 amide bonds. The highest BCUT2D eigenvalue weighted by atomic mass is 19.1. The Morgan fingerprint density at radius 1 is 0.940 bits per heavy atom. The number of hydrazine groups is 2. The van der Waals surface area contributed by atoms with Crippen molar-refractivity contribution in [2.45, 2.75) is 6.42 Å². The van der Waals surface area contributed by atoms with Crippen LogP contribution in [0.3, 0.4) is 0 Å². The number of imidazole rings is 1. The molecule has 4 heterocycles. The molecule has 0 radical (unpaired) electrons. The zero-order chi connectivity index (χ0) is 35.4. The Morgan fingerprint density at radius 2 is 1.70 bits per heavy atom. The van der Waals surface area contributed by atoms with Gasteiger partial charge in [-0.3, -0.25) is 14.2 Å². The summed E-state index contributed by atoms with van der Waals surface area (Å²) in [6.07, 6.45) is 7.40. The number of methoxy groups -OCH3 is 1. The van der Waals surface area contributed by atoms with Gasteiger partial charge < -0.3 is 30.3 Å². The molecule has 0 aliphatic carbocycles. The van der Waals surface area contributed by atoms with Gasteiger partial charge in [-0.2, -0.15) is 5.12 Å². The van der Waals surface area contributed by atoms with Crippen molar-refractivity contribution in [3.8, 4) is 17.3 Å². The number of benzene rings is 2. The number of carbonyl (C=O) groups is 4. The maximum absolute atomic E-state index is 15.1. The molecule has 0 spiro atoms. The second kappa shape index (κ2) is 13.9. The zero-order valence-corrected chi connectivity index (χ0v) is 25.6. The zero-order valence-electron chi connectivity index (χ0n) is 25.6. The lowest BCUT2D eigenvalue weighted by Crippen LogP contribution is -2.40. The molecule has 6 N–H and O–H groups in total. The topological polar surface area (TPSA) is 247 Å². The molecule has 254 valence electrons. The predicted molar refractivity (Wildman–Crippen MR) is 170 cm³/mol. The molecule has 2 aliphatic heterocycles. The van der Waals surface area contributed by atoms with Crippen LogP contribution in [0.25, 0.3) is 5.82 Å². The summed E-state index contributed by atoms with van der Waals surface area (Å²) in [5.41, 5.74) is 3.64. The summed E-state index contributed by atoms with van der Waals surface area (Å²) >= 11 is 0. The third kappa shape index (κ3) is 6.89. The van der Waals surface area contributed by atoms with Crippen LogP contribution in [0.15, 0.2) is 77.5 Å². The van der Waals surface area contributed by atoms with Crippen LogP contribution in [0.5, 0.6) is 11.5 Å². The second-order valence-electron chi connectivity index (χ2n) is 10.2. The number of hydrogen-bond acceptors (Lipinski definition) is 14. The number of halogens is 1. The Bertz CT molecular complexity index is 2100. The van der Waals surface area contributed by atoms with Gasteiger partial charge in [0.15, 0.2) is 34.6 Å². The Morgan fingerprint density at radius 3 is 2.40 bits per heavy atom. The van der Waals surface area contributed by atoms with Crippen molar-refractivity contribution in [1.29, 1.82) is 0 Å². The fourth-order valence-corrected chi connectivity index (χ4v) is 4.66. The number of nitrogens with zero attached hydrogens (tertiary/aromatic N) is 7. The van der Waals surface area contributed by atoms with Gasteiger partial charge in [-0.25, -0.2) is 24.5 Å². The average Bonchev–Trinajstić information content (AvgIpc) is 3.82. The fraction of sp³-hybridized carbons (Fsp3) is 0.100. The Balaban J connectivity index is 1.18. The van der Waals surface area contributed by atoms with Crippen LogP contribution >= 0.6 is 0 Å². The van der Waals surface area contributed by atoms with Crippen LogP contribution in [0, 0.1) is 5.82 Å². The van der Waals surface area contributed by atoms with E-state index in [4.69, 9.17) is 9.47 Å². The minimum atomic E-state index is -1.49. The molecule has 20 heteroatoms. The third-order valence-electron chi connectivity index (χ3n) is 7.10. The summed E-state index contributed by atoms with van der Waals surface area (Å²) < 4.78 is 27.7. The van der Waals surface area contributed by atoms with Crippen molar-refractivity contribution in [1.82, 2.24) is 35.9 Å². The standard InChI is InChI=1S/C30H24FN11O8/c1-49-23-12-17(30(47)48)22(34-27(43)19-2-4-25(36-35-19)41-8-7-32-14-41)13-24(23)50-9-6-15-10-21(16(29(45)46)11-18(15)31)33-28(44)20-3-5-26-37-39-40-42(26)38-20/h2-5,7-8,10-14,39-40H,6,9H2,1H3,(H,33,44)(H,34,43)(H,45,46)(H,47,48). The van der Waals surface area contributed by atoms with E-state index in [2.05, 4.69) is 47.1 Å².